The van der Waals surface area contributed by atoms with Crippen molar-refractivity contribution in [2.24, 2.45) is 0 Å². The van der Waals surface area contributed by atoms with Gasteiger partial charge in [-0.3, -0.25) is 9.59 Å². The summed E-state index contributed by atoms with van der Waals surface area (Å²) in [5.74, 6) is -1.42. The van der Waals surface area contributed by atoms with E-state index in [2.05, 4.69) is 10.3 Å². The van der Waals surface area contributed by atoms with E-state index in [0.29, 0.717) is 23.7 Å². The summed E-state index contributed by atoms with van der Waals surface area (Å²) in [6.45, 7) is 4.26. The fourth-order valence-electron chi connectivity index (χ4n) is 4.26. The van der Waals surface area contributed by atoms with Gasteiger partial charge in [-0.1, -0.05) is 29.8 Å². The third-order valence-corrected chi connectivity index (χ3v) is 6.16. The largest absolute Gasteiger partial charge is 0.454 e. The molecule has 1 saturated heterocycles. The SMILES string of the molecule is C[C@@H]1CN(C(=O)COC(=O)[C@H](Cc2c[nH]c3ccccc23)NC(=O)c2ccc(Cl)cc2)C[C@H](C)O1. The van der Waals surface area contributed by atoms with E-state index in [1.807, 2.05) is 38.1 Å². The van der Waals surface area contributed by atoms with Crippen molar-refractivity contribution in [3.05, 3.63) is 70.9 Å². The van der Waals surface area contributed by atoms with Crippen LogP contribution >= 0.6 is 11.6 Å². The molecule has 0 spiro atoms. The second kappa shape index (κ2) is 10.9. The number of nitrogens with zero attached hydrogens (tertiary/aromatic N) is 1. The zero-order valence-corrected chi connectivity index (χ0v) is 20.4. The maximum Gasteiger partial charge on any atom is 0.329 e. The van der Waals surface area contributed by atoms with Crippen LogP contribution in [0.15, 0.2) is 54.7 Å². The van der Waals surface area contributed by atoms with Crippen molar-refractivity contribution in [1.82, 2.24) is 15.2 Å². The Morgan fingerprint density at radius 3 is 2.51 bits per heavy atom. The van der Waals surface area contributed by atoms with E-state index in [9.17, 15) is 14.4 Å². The van der Waals surface area contributed by atoms with Crippen molar-refractivity contribution in [3.63, 3.8) is 0 Å². The maximum atomic E-state index is 13.1. The number of ether oxygens (including phenoxy) is 2. The zero-order chi connectivity index (χ0) is 24.9. The monoisotopic (exact) mass is 497 g/mol. The molecule has 2 amide bonds. The third-order valence-electron chi connectivity index (χ3n) is 5.91. The molecule has 0 unspecified atom stereocenters. The van der Waals surface area contributed by atoms with Crippen LogP contribution in [0.1, 0.15) is 29.8 Å². The Hall–Kier alpha value is -3.36. The molecule has 3 atom stereocenters. The van der Waals surface area contributed by atoms with Gasteiger partial charge in [0, 0.05) is 47.2 Å². The number of carbonyl (C=O) groups is 3. The molecule has 4 rings (SSSR count). The van der Waals surface area contributed by atoms with Crippen molar-refractivity contribution in [2.45, 2.75) is 38.5 Å². The molecule has 2 N–H and O–H groups in total. The predicted octanol–water partition coefficient (Wildman–Crippen LogP) is 3.34. The highest BCUT2D eigenvalue weighted by Gasteiger charge is 2.29. The molecule has 2 aromatic carbocycles. The quantitative estimate of drug-likeness (QED) is 0.487. The molecule has 9 heteroatoms. The van der Waals surface area contributed by atoms with Crippen LogP contribution in [0, 0.1) is 0 Å². The molecule has 35 heavy (non-hydrogen) atoms. The molecule has 3 aromatic rings. The fourth-order valence-corrected chi connectivity index (χ4v) is 4.39. The number of para-hydroxylation sites is 1. The van der Waals surface area contributed by atoms with Crippen molar-refractivity contribution in [2.75, 3.05) is 19.7 Å². The first kappa shape index (κ1) is 24.8. The van der Waals surface area contributed by atoms with Gasteiger partial charge in [0.05, 0.1) is 12.2 Å². The third kappa shape index (κ3) is 6.21. The lowest BCUT2D eigenvalue weighted by Gasteiger charge is -2.35. The van der Waals surface area contributed by atoms with E-state index >= 15 is 0 Å². The van der Waals surface area contributed by atoms with Gasteiger partial charge in [0.25, 0.3) is 11.8 Å². The van der Waals surface area contributed by atoms with Crippen LogP contribution in [0.3, 0.4) is 0 Å². The lowest BCUT2D eigenvalue weighted by molar-refractivity contribution is -0.158. The number of fused-ring (bicyclic) bond motifs is 1. The summed E-state index contributed by atoms with van der Waals surface area (Å²) in [6, 6.07) is 13.1. The van der Waals surface area contributed by atoms with Crippen LogP contribution in [0.25, 0.3) is 10.9 Å². The second-order valence-electron chi connectivity index (χ2n) is 8.76. The van der Waals surface area contributed by atoms with Gasteiger partial charge in [0.2, 0.25) is 0 Å². The molecular weight excluding hydrogens is 470 g/mol. The normalized spacial score (nSPS) is 18.8. The van der Waals surface area contributed by atoms with Crippen LogP contribution in [0.4, 0.5) is 0 Å². The van der Waals surface area contributed by atoms with E-state index in [4.69, 9.17) is 21.1 Å². The van der Waals surface area contributed by atoms with Crippen molar-refractivity contribution >= 4 is 40.3 Å². The Bertz CT molecular complexity index is 1200. The van der Waals surface area contributed by atoms with Gasteiger partial charge in [0.15, 0.2) is 6.61 Å². The number of amides is 2. The number of esters is 1. The van der Waals surface area contributed by atoms with E-state index in [0.717, 1.165) is 16.5 Å². The number of aromatic nitrogens is 1. The van der Waals surface area contributed by atoms with Crippen molar-refractivity contribution in [1.29, 1.82) is 0 Å². The minimum atomic E-state index is -0.993. The Labute approximate surface area is 208 Å². The minimum Gasteiger partial charge on any atom is -0.454 e. The average Bonchev–Trinajstić information content (AvgIpc) is 3.24. The molecule has 2 heterocycles. The summed E-state index contributed by atoms with van der Waals surface area (Å²) in [7, 11) is 0. The highest BCUT2D eigenvalue weighted by molar-refractivity contribution is 6.30. The maximum absolute atomic E-state index is 13.1. The molecule has 1 fully saturated rings. The zero-order valence-electron chi connectivity index (χ0n) is 19.6. The van der Waals surface area contributed by atoms with Crippen molar-refractivity contribution in [3.8, 4) is 0 Å². The second-order valence-corrected chi connectivity index (χ2v) is 9.20. The molecule has 0 saturated carbocycles. The molecule has 1 aliphatic rings. The highest BCUT2D eigenvalue weighted by Crippen LogP contribution is 2.20. The molecule has 184 valence electrons. The van der Waals surface area contributed by atoms with E-state index < -0.39 is 24.5 Å². The van der Waals surface area contributed by atoms with Gasteiger partial charge >= 0.3 is 5.97 Å². The van der Waals surface area contributed by atoms with Gasteiger partial charge < -0.3 is 24.7 Å². The summed E-state index contributed by atoms with van der Waals surface area (Å²) >= 11 is 5.92. The number of aromatic amines is 1. The van der Waals surface area contributed by atoms with Gasteiger partial charge in [-0.05, 0) is 49.7 Å². The van der Waals surface area contributed by atoms with Crippen LogP contribution in [0.2, 0.25) is 5.02 Å². The average molecular weight is 498 g/mol. The standard InChI is InChI=1S/C26H28ClN3O5/c1-16-13-30(14-17(2)35-16)24(31)15-34-26(33)23(29-25(32)18-7-9-20(27)10-8-18)11-19-12-28-22-6-4-3-5-21(19)22/h3-10,12,16-17,23,28H,11,13-15H2,1-2H3,(H,29,32)/t16-,17+,23-/m0/s1. The van der Waals surface area contributed by atoms with E-state index in [1.165, 1.54) is 0 Å². The smallest absolute Gasteiger partial charge is 0.329 e. The number of carbonyl (C=O) groups excluding carboxylic acids is 3. The Morgan fingerprint density at radius 2 is 1.80 bits per heavy atom. The van der Waals surface area contributed by atoms with Gasteiger partial charge in [-0.25, -0.2) is 4.79 Å². The lowest BCUT2D eigenvalue weighted by atomic mass is 10.0. The fraction of sp³-hybridized carbons (Fsp3) is 0.346. The number of rotatable bonds is 7. The highest BCUT2D eigenvalue weighted by atomic mass is 35.5. The number of nitrogens with one attached hydrogen (secondary N) is 2. The molecular formula is C26H28ClN3O5. The molecule has 0 radical (unpaired) electrons. The molecule has 1 aliphatic heterocycles. The number of hydrogen-bond acceptors (Lipinski definition) is 5. The number of hydrogen-bond donors (Lipinski definition) is 2. The van der Waals surface area contributed by atoms with E-state index in [1.54, 1.807) is 35.4 Å². The summed E-state index contributed by atoms with van der Waals surface area (Å²) in [5, 5.41) is 4.20. The summed E-state index contributed by atoms with van der Waals surface area (Å²) in [5.41, 5.74) is 2.13. The number of halogens is 1. The van der Waals surface area contributed by atoms with Gasteiger partial charge in [-0.2, -0.15) is 0 Å². The van der Waals surface area contributed by atoms with Crippen LogP contribution < -0.4 is 5.32 Å². The van der Waals surface area contributed by atoms with Gasteiger partial charge in [-0.15, -0.1) is 0 Å². The minimum absolute atomic E-state index is 0.0910. The number of benzene rings is 2. The number of morpholine rings is 1. The summed E-state index contributed by atoms with van der Waals surface area (Å²) in [4.78, 5) is 43.4. The first-order chi connectivity index (χ1) is 16.8. The Kier molecular flexibility index (Phi) is 7.73. The van der Waals surface area contributed by atoms with Crippen LogP contribution in [0.5, 0.6) is 0 Å². The molecule has 0 aliphatic carbocycles. The Balaban J connectivity index is 1.47. The van der Waals surface area contributed by atoms with Crippen molar-refractivity contribution < 1.29 is 23.9 Å². The van der Waals surface area contributed by atoms with E-state index in [-0.39, 0.29) is 24.5 Å². The molecule has 1 aromatic heterocycles. The van der Waals surface area contributed by atoms with Crippen LogP contribution in [-0.4, -0.2) is 65.6 Å². The Morgan fingerprint density at radius 1 is 1.11 bits per heavy atom. The summed E-state index contributed by atoms with van der Waals surface area (Å²) < 4.78 is 11.0. The molecule has 8 nitrogen and oxygen atoms in total. The first-order valence-corrected chi connectivity index (χ1v) is 11.9. The first-order valence-electron chi connectivity index (χ1n) is 11.5. The topological polar surface area (TPSA) is 101 Å². The number of H-pyrrole nitrogens is 1. The summed E-state index contributed by atoms with van der Waals surface area (Å²) in [6.07, 6.45) is 1.82. The molecule has 0 bridgehead atoms. The predicted molar refractivity (Wildman–Crippen MR) is 132 cm³/mol. The van der Waals surface area contributed by atoms with Gasteiger partial charge in [0.1, 0.15) is 6.04 Å². The lowest BCUT2D eigenvalue weighted by Crippen LogP contribution is -2.50. The van der Waals surface area contributed by atoms with Crippen LogP contribution in [-0.2, 0) is 25.5 Å².